The van der Waals surface area contributed by atoms with E-state index in [-0.39, 0.29) is 21.6 Å². The Morgan fingerprint density at radius 1 is 1.11 bits per heavy atom. The van der Waals surface area contributed by atoms with E-state index in [9.17, 15) is 4.79 Å². The van der Waals surface area contributed by atoms with E-state index in [1.54, 1.807) is 42.6 Å². The summed E-state index contributed by atoms with van der Waals surface area (Å²) < 4.78 is 0. The minimum absolute atomic E-state index is 0.176. The molecule has 27 heavy (non-hydrogen) atoms. The van der Waals surface area contributed by atoms with Crippen LogP contribution < -0.4 is 16.4 Å². The normalized spacial score (nSPS) is 10.5. The highest BCUT2D eigenvalue weighted by Crippen LogP contribution is 2.26. The van der Waals surface area contributed by atoms with E-state index >= 15 is 0 Å². The number of nitrogens with two attached hydrogens (primary N) is 1. The maximum absolute atomic E-state index is 12.5. The number of nitrogens with one attached hydrogen (secondary N) is 2. The van der Waals surface area contributed by atoms with Crippen molar-refractivity contribution in [3.8, 4) is 0 Å². The molecule has 138 valence electrons. The van der Waals surface area contributed by atoms with Crippen LogP contribution in [-0.4, -0.2) is 20.9 Å². The van der Waals surface area contributed by atoms with Gasteiger partial charge < -0.3 is 16.4 Å². The number of amides is 1. The molecule has 1 amide bonds. The average molecular weight is 403 g/mol. The van der Waals surface area contributed by atoms with Crippen LogP contribution in [0.1, 0.15) is 23.0 Å². The van der Waals surface area contributed by atoms with Gasteiger partial charge in [0.2, 0.25) is 5.95 Å². The summed E-state index contributed by atoms with van der Waals surface area (Å²) in [6.07, 6.45) is 2.28. The van der Waals surface area contributed by atoms with Crippen LogP contribution in [0.4, 0.5) is 23.3 Å². The first-order valence-corrected chi connectivity index (χ1v) is 8.83. The number of carbonyl (C=O) groups is 1. The van der Waals surface area contributed by atoms with Gasteiger partial charge in [-0.2, -0.15) is 4.98 Å². The number of anilines is 4. The summed E-state index contributed by atoms with van der Waals surface area (Å²) in [5.74, 6) is 0.764. The van der Waals surface area contributed by atoms with Crippen LogP contribution in [0.25, 0.3) is 0 Å². The average Bonchev–Trinajstić information content (AvgIpc) is 2.61. The van der Waals surface area contributed by atoms with E-state index in [0.29, 0.717) is 17.3 Å². The van der Waals surface area contributed by atoms with Crippen LogP contribution in [0.2, 0.25) is 10.0 Å². The zero-order chi connectivity index (χ0) is 19.4. The van der Waals surface area contributed by atoms with E-state index in [1.807, 2.05) is 6.92 Å². The van der Waals surface area contributed by atoms with Gasteiger partial charge in [0.15, 0.2) is 0 Å². The number of aromatic nitrogens is 3. The highest BCUT2D eigenvalue weighted by atomic mass is 35.5. The Hall–Kier alpha value is -2.90. The standard InChI is InChI=1S/C18H16Cl2N6O/c1-2-10-8-15(26-18(21)24-10)25-14-9-11(6-7-22-14)23-17(27)16-12(19)4-3-5-13(16)20/h3-9H,2H2,1H3,(H4,21,22,23,24,25,26,27). The number of benzene rings is 1. The minimum atomic E-state index is -0.415. The minimum Gasteiger partial charge on any atom is -0.368 e. The molecule has 0 aliphatic rings. The van der Waals surface area contributed by atoms with Crippen molar-refractivity contribution in [3.05, 3.63) is 63.9 Å². The summed E-state index contributed by atoms with van der Waals surface area (Å²) >= 11 is 12.2. The van der Waals surface area contributed by atoms with Crippen LogP contribution in [-0.2, 0) is 6.42 Å². The number of pyridine rings is 1. The van der Waals surface area contributed by atoms with Crippen molar-refractivity contribution in [1.29, 1.82) is 0 Å². The molecule has 7 nitrogen and oxygen atoms in total. The Bertz CT molecular complexity index is 975. The zero-order valence-corrected chi connectivity index (χ0v) is 15.8. The van der Waals surface area contributed by atoms with Gasteiger partial charge in [-0.1, -0.05) is 36.2 Å². The molecule has 0 unspecified atom stereocenters. The molecule has 1 aromatic carbocycles. The molecule has 2 aromatic heterocycles. The van der Waals surface area contributed by atoms with Crippen molar-refractivity contribution in [3.63, 3.8) is 0 Å². The van der Waals surface area contributed by atoms with Gasteiger partial charge in [0.05, 0.1) is 15.6 Å². The molecular weight excluding hydrogens is 387 g/mol. The van der Waals surface area contributed by atoms with Crippen LogP contribution in [0.3, 0.4) is 0 Å². The SMILES string of the molecule is CCc1cc(Nc2cc(NC(=O)c3c(Cl)cccc3Cl)ccn2)nc(N)n1. The number of halogens is 2. The number of nitrogen functional groups attached to an aromatic ring is 1. The van der Waals surface area contributed by atoms with Gasteiger partial charge in [0.1, 0.15) is 11.6 Å². The summed E-state index contributed by atoms with van der Waals surface area (Å²) in [4.78, 5) is 25.0. The third kappa shape index (κ3) is 4.64. The first-order chi connectivity index (χ1) is 13.0. The third-order valence-electron chi connectivity index (χ3n) is 3.62. The van der Waals surface area contributed by atoms with E-state index < -0.39 is 5.91 Å². The molecule has 0 radical (unpaired) electrons. The first kappa shape index (κ1) is 18.9. The summed E-state index contributed by atoms with van der Waals surface area (Å²) in [5, 5.41) is 6.35. The van der Waals surface area contributed by atoms with Gasteiger partial charge in [0, 0.05) is 29.7 Å². The molecule has 4 N–H and O–H groups in total. The molecule has 0 aliphatic carbocycles. The van der Waals surface area contributed by atoms with Gasteiger partial charge in [-0.15, -0.1) is 0 Å². The molecule has 0 fully saturated rings. The van der Waals surface area contributed by atoms with Crippen molar-refractivity contribution in [2.24, 2.45) is 0 Å². The lowest BCUT2D eigenvalue weighted by molar-refractivity contribution is 0.102. The molecule has 0 atom stereocenters. The topological polar surface area (TPSA) is 106 Å². The lowest BCUT2D eigenvalue weighted by atomic mass is 10.2. The number of hydrogen-bond donors (Lipinski definition) is 3. The van der Waals surface area contributed by atoms with Crippen LogP contribution >= 0.6 is 23.2 Å². The van der Waals surface area contributed by atoms with Gasteiger partial charge in [-0.3, -0.25) is 4.79 Å². The second-order valence-corrected chi connectivity index (χ2v) is 6.38. The quantitative estimate of drug-likeness (QED) is 0.586. The van der Waals surface area contributed by atoms with Crippen molar-refractivity contribution < 1.29 is 4.79 Å². The predicted octanol–water partition coefficient (Wildman–Crippen LogP) is 4.32. The smallest absolute Gasteiger partial charge is 0.258 e. The monoisotopic (exact) mass is 402 g/mol. The molecular formula is C18H16Cl2N6O. The second kappa shape index (κ2) is 8.20. The molecule has 0 saturated carbocycles. The lowest BCUT2D eigenvalue weighted by Gasteiger charge is -2.10. The molecule has 0 bridgehead atoms. The Kier molecular flexibility index (Phi) is 5.73. The van der Waals surface area contributed by atoms with E-state index in [0.717, 1.165) is 12.1 Å². The maximum Gasteiger partial charge on any atom is 0.258 e. The number of nitrogens with zero attached hydrogens (tertiary/aromatic N) is 3. The number of aryl methyl sites for hydroxylation is 1. The summed E-state index contributed by atoms with van der Waals surface area (Å²) in [6.45, 7) is 1.97. The number of hydrogen-bond acceptors (Lipinski definition) is 6. The van der Waals surface area contributed by atoms with E-state index in [4.69, 9.17) is 28.9 Å². The van der Waals surface area contributed by atoms with Crippen molar-refractivity contribution in [2.75, 3.05) is 16.4 Å². The Morgan fingerprint density at radius 3 is 2.56 bits per heavy atom. The van der Waals surface area contributed by atoms with Gasteiger partial charge in [0.25, 0.3) is 5.91 Å². The maximum atomic E-state index is 12.5. The summed E-state index contributed by atoms with van der Waals surface area (Å²) in [6, 6.07) is 9.98. The highest BCUT2D eigenvalue weighted by Gasteiger charge is 2.15. The van der Waals surface area contributed by atoms with Gasteiger partial charge in [-0.25, -0.2) is 9.97 Å². The van der Waals surface area contributed by atoms with Crippen LogP contribution in [0.5, 0.6) is 0 Å². The molecule has 9 heteroatoms. The molecule has 0 spiro atoms. The van der Waals surface area contributed by atoms with Crippen molar-refractivity contribution in [2.45, 2.75) is 13.3 Å². The molecule has 2 heterocycles. The van der Waals surface area contributed by atoms with E-state index in [1.165, 1.54) is 0 Å². The fraction of sp³-hybridized carbons (Fsp3) is 0.111. The summed E-state index contributed by atoms with van der Waals surface area (Å²) in [7, 11) is 0. The molecule has 0 saturated heterocycles. The Morgan fingerprint density at radius 2 is 1.85 bits per heavy atom. The molecule has 3 aromatic rings. The van der Waals surface area contributed by atoms with Crippen molar-refractivity contribution in [1.82, 2.24) is 15.0 Å². The van der Waals surface area contributed by atoms with Crippen molar-refractivity contribution >= 4 is 52.4 Å². The van der Waals surface area contributed by atoms with Gasteiger partial charge in [-0.05, 0) is 24.6 Å². The predicted molar refractivity (Wildman–Crippen MR) is 108 cm³/mol. The third-order valence-corrected chi connectivity index (χ3v) is 4.25. The van der Waals surface area contributed by atoms with Crippen LogP contribution in [0.15, 0.2) is 42.6 Å². The Balaban J connectivity index is 1.80. The lowest BCUT2D eigenvalue weighted by Crippen LogP contribution is -2.13. The Labute approximate surface area is 166 Å². The zero-order valence-electron chi connectivity index (χ0n) is 14.3. The number of rotatable bonds is 5. The fourth-order valence-corrected chi connectivity index (χ4v) is 2.95. The molecule has 0 aliphatic heterocycles. The molecule has 3 rings (SSSR count). The highest BCUT2D eigenvalue weighted by molar-refractivity contribution is 6.40. The first-order valence-electron chi connectivity index (χ1n) is 8.08. The van der Waals surface area contributed by atoms with Gasteiger partial charge >= 0.3 is 0 Å². The second-order valence-electron chi connectivity index (χ2n) is 5.56. The largest absolute Gasteiger partial charge is 0.368 e. The fourth-order valence-electron chi connectivity index (χ4n) is 2.38. The summed E-state index contributed by atoms with van der Waals surface area (Å²) in [5.41, 5.74) is 7.25. The van der Waals surface area contributed by atoms with E-state index in [2.05, 4.69) is 25.6 Å². The number of carbonyl (C=O) groups excluding carboxylic acids is 1. The van der Waals surface area contributed by atoms with Crippen LogP contribution in [0, 0.1) is 0 Å².